The van der Waals surface area contributed by atoms with E-state index in [1.807, 2.05) is 6.92 Å². The first-order valence-electron chi connectivity index (χ1n) is 6.84. The second-order valence-electron chi connectivity index (χ2n) is 6.15. The molecule has 1 amide bonds. The van der Waals surface area contributed by atoms with Gasteiger partial charge in [0.25, 0.3) is 0 Å². The van der Waals surface area contributed by atoms with Gasteiger partial charge in [0.15, 0.2) is 0 Å². The number of amides is 1. The molecule has 4 heteroatoms. The second kappa shape index (κ2) is 3.87. The van der Waals surface area contributed by atoms with Gasteiger partial charge in [0, 0.05) is 12.6 Å². The monoisotopic (exact) mass is 238 g/mol. The molecule has 17 heavy (non-hydrogen) atoms. The van der Waals surface area contributed by atoms with Crippen LogP contribution in [0, 0.1) is 17.8 Å². The number of alkyl carbamates (subject to hydrolysis) is 1. The maximum absolute atomic E-state index is 11.6. The molecule has 0 aliphatic heterocycles. The van der Waals surface area contributed by atoms with Crippen molar-refractivity contribution in [2.24, 2.45) is 23.5 Å². The normalized spacial score (nSPS) is 46.9. The lowest BCUT2D eigenvalue weighted by Gasteiger charge is -2.58. The maximum atomic E-state index is 11.6. The fraction of sp³-hybridized carbons (Fsp3) is 0.923. The molecule has 4 bridgehead atoms. The van der Waals surface area contributed by atoms with Crippen LogP contribution in [0.1, 0.15) is 39.0 Å². The maximum Gasteiger partial charge on any atom is 0.407 e. The summed E-state index contributed by atoms with van der Waals surface area (Å²) in [6.45, 7) is 2.54. The average molecular weight is 238 g/mol. The van der Waals surface area contributed by atoms with Crippen molar-refractivity contribution in [2.45, 2.75) is 50.7 Å². The van der Waals surface area contributed by atoms with Gasteiger partial charge in [0.1, 0.15) is 5.60 Å². The van der Waals surface area contributed by atoms with E-state index in [9.17, 15) is 4.79 Å². The van der Waals surface area contributed by atoms with E-state index in [2.05, 4.69) is 5.32 Å². The molecule has 0 aromatic heterocycles. The summed E-state index contributed by atoms with van der Waals surface area (Å²) in [7, 11) is 0. The largest absolute Gasteiger partial charge is 0.443 e. The highest BCUT2D eigenvalue weighted by Gasteiger charge is 2.56. The Morgan fingerprint density at radius 3 is 2.59 bits per heavy atom. The van der Waals surface area contributed by atoms with Crippen LogP contribution in [0.4, 0.5) is 4.79 Å². The van der Waals surface area contributed by atoms with Crippen molar-refractivity contribution in [3.8, 4) is 0 Å². The highest BCUT2D eigenvalue weighted by molar-refractivity contribution is 5.67. The summed E-state index contributed by atoms with van der Waals surface area (Å²) in [5.74, 6) is 1.90. The van der Waals surface area contributed by atoms with Crippen LogP contribution in [0.3, 0.4) is 0 Å². The minimum absolute atomic E-state index is 0.189. The molecule has 3 N–H and O–H groups in total. The molecule has 0 aromatic rings. The van der Waals surface area contributed by atoms with Crippen LogP contribution in [0.15, 0.2) is 0 Å². The zero-order valence-electron chi connectivity index (χ0n) is 10.4. The molecule has 4 rings (SSSR count). The third-order valence-electron chi connectivity index (χ3n) is 4.92. The molecule has 0 spiro atoms. The van der Waals surface area contributed by atoms with Crippen LogP contribution in [-0.4, -0.2) is 24.3 Å². The van der Waals surface area contributed by atoms with Crippen molar-refractivity contribution < 1.29 is 9.53 Å². The van der Waals surface area contributed by atoms with E-state index in [-0.39, 0.29) is 11.7 Å². The lowest BCUT2D eigenvalue weighted by Crippen LogP contribution is -2.61. The summed E-state index contributed by atoms with van der Waals surface area (Å²) in [4.78, 5) is 11.6. The zero-order chi connectivity index (χ0) is 12.0. The summed E-state index contributed by atoms with van der Waals surface area (Å²) < 4.78 is 5.73. The number of nitrogens with two attached hydrogens (primary N) is 1. The molecule has 0 saturated heterocycles. The minimum atomic E-state index is -0.247. The molecule has 4 aliphatic carbocycles. The molecule has 0 aromatic carbocycles. The van der Waals surface area contributed by atoms with Gasteiger partial charge in [-0.05, 0) is 56.8 Å². The standard InChI is InChI=1S/C13H22N2O2/c1-2-15-12(16)17-13-5-8-3-9(6-13)11(14)10(4-8)7-13/h8-11H,2-7,14H2,1H3,(H,15,16). The Labute approximate surface area is 102 Å². The van der Waals surface area contributed by atoms with Crippen molar-refractivity contribution in [2.75, 3.05) is 6.54 Å². The Hall–Kier alpha value is -0.770. The fourth-order valence-electron chi connectivity index (χ4n) is 4.49. The van der Waals surface area contributed by atoms with E-state index in [1.165, 1.54) is 12.8 Å². The van der Waals surface area contributed by atoms with Gasteiger partial charge in [0.2, 0.25) is 0 Å². The average Bonchev–Trinajstić information content (AvgIpc) is 2.24. The Morgan fingerprint density at radius 2 is 2.00 bits per heavy atom. The predicted molar refractivity (Wildman–Crippen MR) is 64.4 cm³/mol. The van der Waals surface area contributed by atoms with Crippen molar-refractivity contribution in [3.05, 3.63) is 0 Å². The van der Waals surface area contributed by atoms with E-state index < -0.39 is 0 Å². The number of carbonyl (C=O) groups excluding carboxylic acids is 1. The molecule has 0 radical (unpaired) electrons. The molecule has 2 atom stereocenters. The quantitative estimate of drug-likeness (QED) is 0.768. The van der Waals surface area contributed by atoms with Gasteiger partial charge in [-0.25, -0.2) is 4.79 Å². The van der Waals surface area contributed by atoms with Crippen LogP contribution < -0.4 is 11.1 Å². The lowest BCUT2D eigenvalue weighted by molar-refractivity contribution is -0.135. The van der Waals surface area contributed by atoms with Crippen LogP contribution in [-0.2, 0) is 4.74 Å². The minimum Gasteiger partial charge on any atom is -0.443 e. The number of ether oxygens (including phenoxy) is 1. The van der Waals surface area contributed by atoms with Gasteiger partial charge in [-0.1, -0.05) is 0 Å². The highest BCUT2D eigenvalue weighted by Crippen LogP contribution is 2.56. The van der Waals surface area contributed by atoms with E-state index in [0.29, 0.717) is 24.4 Å². The Balaban J connectivity index is 1.74. The molecular weight excluding hydrogens is 216 g/mol. The van der Waals surface area contributed by atoms with Gasteiger partial charge in [-0.2, -0.15) is 0 Å². The van der Waals surface area contributed by atoms with Crippen LogP contribution in [0.25, 0.3) is 0 Å². The predicted octanol–water partition coefficient (Wildman–Crippen LogP) is 1.64. The first-order chi connectivity index (χ1) is 8.12. The van der Waals surface area contributed by atoms with Crippen LogP contribution >= 0.6 is 0 Å². The molecule has 96 valence electrons. The van der Waals surface area contributed by atoms with Gasteiger partial charge in [-0.3, -0.25) is 0 Å². The topological polar surface area (TPSA) is 64.3 Å². The molecule has 4 nitrogen and oxygen atoms in total. The molecule has 2 unspecified atom stereocenters. The summed E-state index contributed by atoms with van der Waals surface area (Å²) in [5, 5.41) is 2.74. The van der Waals surface area contributed by atoms with Crippen molar-refractivity contribution in [1.82, 2.24) is 5.32 Å². The molecule has 4 saturated carbocycles. The third-order valence-corrected chi connectivity index (χ3v) is 4.92. The smallest absolute Gasteiger partial charge is 0.407 e. The number of carbonyl (C=O) groups is 1. The summed E-state index contributed by atoms with van der Waals surface area (Å²) >= 11 is 0. The molecule has 4 aliphatic rings. The lowest BCUT2D eigenvalue weighted by atomic mass is 9.52. The van der Waals surface area contributed by atoms with Crippen molar-refractivity contribution in [3.63, 3.8) is 0 Å². The Kier molecular flexibility index (Phi) is 2.58. The summed E-state index contributed by atoms with van der Waals surface area (Å²) in [6.07, 6.45) is 5.28. The first-order valence-corrected chi connectivity index (χ1v) is 6.84. The molecule has 0 heterocycles. The number of hydrogen-bond acceptors (Lipinski definition) is 3. The summed E-state index contributed by atoms with van der Waals surface area (Å²) in [6, 6.07) is 0.345. The number of nitrogens with one attached hydrogen (secondary N) is 1. The highest BCUT2D eigenvalue weighted by atomic mass is 16.6. The van der Waals surface area contributed by atoms with Crippen molar-refractivity contribution >= 4 is 6.09 Å². The van der Waals surface area contributed by atoms with E-state index in [0.717, 1.165) is 25.2 Å². The molecule has 4 fully saturated rings. The fourth-order valence-corrected chi connectivity index (χ4v) is 4.49. The van der Waals surface area contributed by atoms with E-state index in [4.69, 9.17) is 10.5 Å². The second-order valence-corrected chi connectivity index (χ2v) is 6.15. The zero-order valence-corrected chi connectivity index (χ0v) is 10.4. The number of hydrogen-bond donors (Lipinski definition) is 2. The summed E-state index contributed by atoms with van der Waals surface area (Å²) in [5.41, 5.74) is 6.07. The first kappa shape index (κ1) is 11.3. The van der Waals surface area contributed by atoms with Gasteiger partial charge in [-0.15, -0.1) is 0 Å². The molecular formula is C13H22N2O2. The number of rotatable bonds is 2. The van der Waals surface area contributed by atoms with Gasteiger partial charge in [0.05, 0.1) is 0 Å². The van der Waals surface area contributed by atoms with Crippen LogP contribution in [0.5, 0.6) is 0 Å². The SMILES string of the molecule is CCNC(=O)OC12CC3CC(C1)C(N)C(C3)C2. The third kappa shape index (κ3) is 1.82. The Morgan fingerprint density at radius 1 is 1.35 bits per heavy atom. The van der Waals surface area contributed by atoms with Gasteiger partial charge < -0.3 is 15.8 Å². The van der Waals surface area contributed by atoms with Crippen LogP contribution in [0.2, 0.25) is 0 Å². The van der Waals surface area contributed by atoms with E-state index in [1.54, 1.807) is 0 Å². The van der Waals surface area contributed by atoms with Crippen molar-refractivity contribution in [1.29, 1.82) is 0 Å². The Bertz CT molecular complexity index is 315. The van der Waals surface area contributed by atoms with E-state index >= 15 is 0 Å². The van der Waals surface area contributed by atoms with Gasteiger partial charge >= 0.3 is 6.09 Å².